The normalized spacial score (nSPS) is 16.1. The van der Waals surface area contributed by atoms with Crippen LogP contribution < -0.4 is 0 Å². The summed E-state index contributed by atoms with van der Waals surface area (Å²) in [6.07, 6.45) is -5.05. The van der Waals surface area contributed by atoms with Crippen LogP contribution in [0.15, 0.2) is 28.7 Å². The molecule has 0 spiro atoms. The van der Waals surface area contributed by atoms with Gasteiger partial charge in [-0.05, 0) is 24.6 Å². The molecule has 0 saturated carbocycles. The first-order chi connectivity index (χ1) is 6.72. The second kappa shape index (κ2) is 4.14. The molecule has 0 aromatic heterocycles. The first-order valence-corrected chi connectivity index (χ1v) is 5.05. The molecule has 1 unspecified atom stereocenters. The largest absolute Gasteiger partial charge is 0.417 e. The standard InChI is InChI=1S/C10H10BrF3O/c1-9(15,10(12,13)14)6-7-2-4-8(11)5-3-7/h2-5,15H,6H2,1H3. The highest BCUT2D eigenvalue weighted by Gasteiger charge is 2.49. The summed E-state index contributed by atoms with van der Waals surface area (Å²) in [7, 11) is 0. The summed E-state index contributed by atoms with van der Waals surface area (Å²) in [6.45, 7) is 0.773. The van der Waals surface area contributed by atoms with Gasteiger partial charge >= 0.3 is 6.18 Å². The SMILES string of the molecule is CC(O)(Cc1ccc(Br)cc1)C(F)(F)F. The minimum absolute atomic E-state index is 0.441. The van der Waals surface area contributed by atoms with Crippen molar-refractivity contribution in [2.45, 2.75) is 25.1 Å². The van der Waals surface area contributed by atoms with E-state index in [0.29, 0.717) is 5.56 Å². The maximum absolute atomic E-state index is 12.3. The predicted octanol–water partition coefficient (Wildman–Crippen LogP) is 3.30. The van der Waals surface area contributed by atoms with Crippen LogP contribution >= 0.6 is 15.9 Å². The number of aliphatic hydroxyl groups is 1. The zero-order chi connectivity index (χ0) is 11.7. The minimum atomic E-state index is -4.61. The van der Waals surface area contributed by atoms with Crippen molar-refractivity contribution in [1.82, 2.24) is 0 Å². The van der Waals surface area contributed by atoms with Gasteiger partial charge in [0.15, 0.2) is 5.60 Å². The smallest absolute Gasteiger partial charge is 0.380 e. The third kappa shape index (κ3) is 3.21. The van der Waals surface area contributed by atoms with Crippen LogP contribution in [-0.2, 0) is 6.42 Å². The Hall–Kier alpha value is -0.550. The molecule has 84 valence electrons. The van der Waals surface area contributed by atoms with Crippen LogP contribution in [-0.4, -0.2) is 16.9 Å². The predicted molar refractivity (Wildman–Crippen MR) is 54.5 cm³/mol. The lowest BCUT2D eigenvalue weighted by Gasteiger charge is -2.26. The van der Waals surface area contributed by atoms with Crippen LogP contribution in [0.3, 0.4) is 0 Å². The van der Waals surface area contributed by atoms with Crippen molar-refractivity contribution in [3.05, 3.63) is 34.3 Å². The van der Waals surface area contributed by atoms with Gasteiger partial charge in [0.2, 0.25) is 0 Å². The van der Waals surface area contributed by atoms with Crippen molar-refractivity contribution < 1.29 is 18.3 Å². The van der Waals surface area contributed by atoms with Crippen molar-refractivity contribution in [1.29, 1.82) is 0 Å². The Morgan fingerprint density at radius 1 is 1.20 bits per heavy atom. The summed E-state index contributed by atoms with van der Waals surface area (Å²) < 4.78 is 37.8. The van der Waals surface area contributed by atoms with Crippen LogP contribution in [0.2, 0.25) is 0 Å². The molecule has 1 N–H and O–H groups in total. The number of halogens is 4. The van der Waals surface area contributed by atoms with Crippen molar-refractivity contribution in [2.75, 3.05) is 0 Å². The van der Waals surface area contributed by atoms with Gasteiger partial charge in [0.1, 0.15) is 0 Å². The van der Waals surface area contributed by atoms with Crippen LogP contribution in [0.5, 0.6) is 0 Å². The Kier molecular flexibility index (Phi) is 3.45. The Morgan fingerprint density at radius 2 is 1.67 bits per heavy atom. The molecule has 0 saturated heterocycles. The highest BCUT2D eigenvalue weighted by atomic mass is 79.9. The van der Waals surface area contributed by atoms with Crippen LogP contribution in [0.4, 0.5) is 13.2 Å². The molecule has 5 heteroatoms. The van der Waals surface area contributed by atoms with E-state index in [1.165, 1.54) is 0 Å². The van der Waals surface area contributed by atoms with E-state index in [-0.39, 0.29) is 0 Å². The van der Waals surface area contributed by atoms with E-state index in [9.17, 15) is 18.3 Å². The molecular weight excluding hydrogens is 273 g/mol. The third-order valence-electron chi connectivity index (χ3n) is 2.07. The van der Waals surface area contributed by atoms with Gasteiger partial charge in [-0.15, -0.1) is 0 Å². The number of alkyl halides is 3. The van der Waals surface area contributed by atoms with Gasteiger partial charge in [-0.1, -0.05) is 28.1 Å². The average molecular weight is 283 g/mol. The molecule has 0 aliphatic heterocycles. The van der Waals surface area contributed by atoms with Gasteiger partial charge in [-0.3, -0.25) is 0 Å². The van der Waals surface area contributed by atoms with Crippen molar-refractivity contribution in [3.8, 4) is 0 Å². The highest BCUT2D eigenvalue weighted by Crippen LogP contribution is 2.32. The first-order valence-electron chi connectivity index (χ1n) is 4.26. The number of hydrogen-bond donors (Lipinski definition) is 1. The van der Waals surface area contributed by atoms with Crippen LogP contribution in [0, 0.1) is 0 Å². The Morgan fingerprint density at radius 3 is 2.07 bits per heavy atom. The van der Waals surface area contributed by atoms with Gasteiger partial charge < -0.3 is 5.11 Å². The monoisotopic (exact) mass is 282 g/mol. The maximum atomic E-state index is 12.3. The van der Waals surface area contributed by atoms with Crippen molar-refractivity contribution >= 4 is 15.9 Å². The lowest BCUT2D eigenvalue weighted by Crippen LogP contribution is -2.44. The zero-order valence-corrected chi connectivity index (χ0v) is 9.56. The molecule has 1 atom stereocenters. The molecular formula is C10H10BrF3O. The average Bonchev–Trinajstić information content (AvgIpc) is 2.06. The van der Waals surface area contributed by atoms with Crippen molar-refractivity contribution in [3.63, 3.8) is 0 Å². The van der Waals surface area contributed by atoms with Crippen molar-refractivity contribution in [2.24, 2.45) is 0 Å². The fraction of sp³-hybridized carbons (Fsp3) is 0.400. The number of rotatable bonds is 2. The molecule has 0 fully saturated rings. The maximum Gasteiger partial charge on any atom is 0.417 e. The van der Waals surface area contributed by atoms with E-state index in [2.05, 4.69) is 15.9 Å². The Balaban J connectivity index is 2.82. The lowest BCUT2D eigenvalue weighted by atomic mass is 9.96. The molecule has 1 aromatic rings. The van der Waals surface area contributed by atoms with Gasteiger partial charge in [-0.25, -0.2) is 0 Å². The first kappa shape index (κ1) is 12.5. The summed E-state index contributed by atoms with van der Waals surface area (Å²) in [5, 5.41) is 9.24. The summed E-state index contributed by atoms with van der Waals surface area (Å²) in [6, 6.07) is 6.37. The molecule has 0 bridgehead atoms. The minimum Gasteiger partial charge on any atom is -0.380 e. The van der Waals surface area contributed by atoms with E-state index in [4.69, 9.17) is 0 Å². The number of benzene rings is 1. The molecule has 0 amide bonds. The highest BCUT2D eigenvalue weighted by molar-refractivity contribution is 9.10. The van der Waals surface area contributed by atoms with Gasteiger partial charge in [-0.2, -0.15) is 13.2 Å². The van der Waals surface area contributed by atoms with E-state index in [0.717, 1.165) is 11.4 Å². The fourth-order valence-electron chi connectivity index (χ4n) is 1.10. The molecule has 1 nitrogen and oxygen atoms in total. The summed E-state index contributed by atoms with van der Waals surface area (Å²) >= 11 is 3.18. The lowest BCUT2D eigenvalue weighted by molar-refractivity contribution is -0.252. The van der Waals surface area contributed by atoms with E-state index in [1.807, 2.05) is 0 Å². The fourth-order valence-corrected chi connectivity index (χ4v) is 1.36. The molecule has 0 aliphatic rings. The quantitative estimate of drug-likeness (QED) is 0.883. The topological polar surface area (TPSA) is 20.2 Å². The molecule has 0 aliphatic carbocycles. The van der Waals surface area contributed by atoms with E-state index >= 15 is 0 Å². The third-order valence-corrected chi connectivity index (χ3v) is 2.60. The van der Waals surface area contributed by atoms with Gasteiger partial charge in [0.05, 0.1) is 0 Å². The van der Waals surface area contributed by atoms with Gasteiger partial charge in [0, 0.05) is 10.9 Å². The van der Waals surface area contributed by atoms with Crippen LogP contribution in [0.25, 0.3) is 0 Å². The van der Waals surface area contributed by atoms with Crippen LogP contribution in [0.1, 0.15) is 12.5 Å². The number of hydrogen-bond acceptors (Lipinski definition) is 1. The second-order valence-corrected chi connectivity index (χ2v) is 4.49. The molecule has 0 radical (unpaired) electrons. The molecule has 0 heterocycles. The zero-order valence-electron chi connectivity index (χ0n) is 7.98. The molecule has 1 aromatic carbocycles. The summed E-state index contributed by atoms with van der Waals surface area (Å²) in [5.41, 5.74) is -2.23. The second-order valence-electron chi connectivity index (χ2n) is 3.57. The molecule has 1 rings (SSSR count). The molecule has 15 heavy (non-hydrogen) atoms. The van der Waals surface area contributed by atoms with Gasteiger partial charge in [0.25, 0.3) is 0 Å². The summed E-state index contributed by atoms with van der Waals surface area (Å²) in [5.74, 6) is 0. The van der Waals surface area contributed by atoms with E-state index in [1.54, 1.807) is 24.3 Å². The Labute approximate surface area is 94.0 Å². The van der Waals surface area contributed by atoms with E-state index < -0.39 is 18.2 Å². The summed E-state index contributed by atoms with van der Waals surface area (Å²) in [4.78, 5) is 0. The Bertz CT molecular complexity index is 330.